The van der Waals surface area contributed by atoms with Gasteiger partial charge < -0.3 is 15.4 Å². The number of aromatic nitrogens is 4. The zero-order chi connectivity index (χ0) is 14.5. The summed E-state index contributed by atoms with van der Waals surface area (Å²) in [5.74, 6) is 0.175. The monoisotopic (exact) mass is 270 g/mol. The second-order valence-electron chi connectivity index (χ2n) is 3.99. The van der Waals surface area contributed by atoms with E-state index in [2.05, 4.69) is 25.9 Å². The predicted octanol–water partition coefficient (Wildman–Crippen LogP) is -0.836. The number of nitriles is 1. The lowest BCUT2D eigenvalue weighted by Crippen LogP contribution is -2.32. The second kappa shape index (κ2) is 5.96. The van der Waals surface area contributed by atoms with E-state index in [1.54, 1.807) is 25.1 Å². The molecule has 0 aliphatic rings. The van der Waals surface area contributed by atoms with Crippen LogP contribution in [-0.2, 0) is 0 Å². The van der Waals surface area contributed by atoms with Crippen molar-refractivity contribution < 1.29 is 10.0 Å². The molecule has 0 atom stereocenters. The molecule has 9 heteroatoms. The molecule has 20 heavy (non-hydrogen) atoms. The fourth-order valence-electron chi connectivity index (χ4n) is 1.59. The topological polar surface area (TPSA) is 131 Å². The second-order valence-corrected chi connectivity index (χ2v) is 3.99. The summed E-state index contributed by atoms with van der Waals surface area (Å²) >= 11 is 0. The van der Waals surface area contributed by atoms with Crippen LogP contribution in [-0.4, -0.2) is 37.8 Å². The van der Waals surface area contributed by atoms with Crippen molar-refractivity contribution in [3.05, 3.63) is 35.8 Å². The summed E-state index contributed by atoms with van der Waals surface area (Å²) in [6.07, 6.45) is 1.42. The first-order valence-electron chi connectivity index (χ1n) is 5.69. The Morgan fingerprint density at radius 1 is 1.50 bits per heavy atom. The van der Waals surface area contributed by atoms with Crippen molar-refractivity contribution >= 4 is 23.8 Å². The molecule has 0 spiro atoms. The van der Waals surface area contributed by atoms with E-state index < -0.39 is 7.12 Å². The van der Waals surface area contributed by atoms with Gasteiger partial charge in [0.2, 0.25) is 5.82 Å². The summed E-state index contributed by atoms with van der Waals surface area (Å²) in [7, 11) is -1.55. The standard InChI is InChI=1S/C11H11BN6O2/c1-7-2-3-9(4-10(7)12(19)20)14-6-8(5-13)11-15-17-18-16-11/h2-4,6,14,19-20H,1H3,(H,15,16,17,18). The van der Waals surface area contributed by atoms with Crippen LogP contribution in [0.15, 0.2) is 24.4 Å². The Balaban J connectivity index is 2.22. The molecule has 4 N–H and O–H groups in total. The van der Waals surface area contributed by atoms with Crippen molar-refractivity contribution in [3.63, 3.8) is 0 Å². The van der Waals surface area contributed by atoms with Crippen molar-refractivity contribution in [3.8, 4) is 6.07 Å². The van der Waals surface area contributed by atoms with Crippen molar-refractivity contribution in [2.45, 2.75) is 6.92 Å². The van der Waals surface area contributed by atoms with E-state index in [1.165, 1.54) is 6.20 Å². The summed E-state index contributed by atoms with van der Waals surface area (Å²) < 4.78 is 0. The molecule has 1 heterocycles. The zero-order valence-corrected chi connectivity index (χ0v) is 10.6. The Hall–Kier alpha value is -2.70. The van der Waals surface area contributed by atoms with Crippen molar-refractivity contribution in [2.24, 2.45) is 0 Å². The average molecular weight is 270 g/mol. The number of hydrogen-bond donors (Lipinski definition) is 4. The molecule has 0 aliphatic carbocycles. The molecule has 0 bridgehead atoms. The van der Waals surface area contributed by atoms with E-state index in [0.29, 0.717) is 11.2 Å². The third kappa shape index (κ3) is 3.00. The number of nitrogens with zero attached hydrogens (tertiary/aromatic N) is 4. The molecule has 0 saturated heterocycles. The minimum absolute atomic E-state index is 0.175. The molecule has 0 unspecified atom stereocenters. The smallest absolute Gasteiger partial charge is 0.423 e. The Morgan fingerprint density at radius 3 is 2.90 bits per heavy atom. The number of benzene rings is 1. The molecule has 2 rings (SSSR count). The number of nitrogens with one attached hydrogen (secondary N) is 2. The fourth-order valence-corrected chi connectivity index (χ4v) is 1.59. The van der Waals surface area contributed by atoms with Crippen LogP contribution in [0.3, 0.4) is 0 Å². The number of rotatable bonds is 4. The van der Waals surface area contributed by atoms with Gasteiger partial charge in [-0.05, 0) is 29.7 Å². The first-order valence-corrected chi connectivity index (χ1v) is 5.69. The van der Waals surface area contributed by atoms with Gasteiger partial charge in [-0.2, -0.15) is 10.5 Å². The largest absolute Gasteiger partial charge is 0.488 e. The van der Waals surface area contributed by atoms with E-state index >= 15 is 0 Å². The van der Waals surface area contributed by atoms with Gasteiger partial charge in [-0.1, -0.05) is 11.6 Å². The van der Waals surface area contributed by atoms with E-state index in [0.717, 1.165) is 5.56 Å². The Morgan fingerprint density at radius 2 is 2.30 bits per heavy atom. The van der Waals surface area contributed by atoms with Gasteiger partial charge >= 0.3 is 7.12 Å². The molecular weight excluding hydrogens is 259 g/mol. The quantitative estimate of drug-likeness (QED) is 0.421. The zero-order valence-electron chi connectivity index (χ0n) is 10.6. The first kappa shape index (κ1) is 13.7. The minimum atomic E-state index is -1.55. The summed E-state index contributed by atoms with van der Waals surface area (Å²) in [6.45, 7) is 1.77. The van der Waals surface area contributed by atoms with Gasteiger partial charge in [0, 0.05) is 11.9 Å². The van der Waals surface area contributed by atoms with Crippen LogP contribution in [0.4, 0.5) is 5.69 Å². The molecular formula is C11H11BN6O2. The van der Waals surface area contributed by atoms with Gasteiger partial charge in [0.05, 0.1) is 0 Å². The molecule has 0 radical (unpaired) electrons. The van der Waals surface area contributed by atoms with Crippen LogP contribution in [0.25, 0.3) is 5.57 Å². The number of allylic oxidation sites excluding steroid dienone is 1. The maximum Gasteiger partial charge on any atom is 0.488 e. The molecule has 0 fully saturated rings. The van der Waals surface area contributed by atoms with Crippen molar-refractivity contribution in [1.82, 2.24) is 20.6 Å². The SMILES string of the molecule is Cc1ccc(NC=C(C#N)c2nn[nH]n2)cc1B(O)O. The highest BCUT2D eigenvalue weighted by Crippen LogP contribution is 2.11. The van der Waals surface area contributed by atoms with Crippen LogP contribution in [0.1, 0.15) is 11.4 Å². The van der Waals surface area contributed by atoms with E-state index in [-0.39, 0.29) is 11.4 Å². The van der Waals surface area contributed by atoms with Crippen LogP contribution >= 0.6 is 0 Å². The number of hydrogen-bond acceptors (Lipinski definition) is 7. The molecule has 8 nitrogen and oxygen atoms in total. The number of aryl methyl sites for hydroxylation is 1. The van der Waals surface area contributed by atoms with E-state index in [4.69, 9.17) is 5.26 Å². The number of H-pyrrole nitrogens is 1. The summed E-state index contributed by atoms with van der Waals surface area (Å²) in [4.78, 5) is 0. The Kier molecular flexibility index (Phi) is 4.09. The van der Waals surface area contributed by atoms with E-state index in [9.17, 15) is 10.0 Å². The van der Waals surface area contributed by atoms with Gasteiger partial charge in [-0.15, -0.1) is 10.2 Å². The lowest BCUT2D eigenvalue weighted by atomic mass is 9.77. The highest BCUT2D eigenvalue weighted by molar-refractivity contribution is 6.59. The number of anilines is 1. The maximum absolute atomic E-state index is 9.23. The Bertz CT molecular complexity index is 662. The first-order chi connectivity index (χ1) is 9.61. The lowest BCUT2D eigenvalue weighted by Gasteiger charge is -2.08. The van der Waals surface area contributed by atoms with Crippen LogP contribution < -0.4 is 10.8 Å². The van der Waals surface area contributed by atoms with Crippen molar-refractivity contribution in [2.75, 3.05) is 5.32 Å². The van der Waals surface area contributed by atoms with E-state index in [1.807, 2.05) is 6.07 Å². The number of aromatic amines is 1. The van der Waals surface area contributed by atoms with Crippen molar-refractivity contribution in [1.29, 1.82) is 5.26 Å². The number of tetrazole rings is 1. The minimum Gasteiger partial charge on any atom is -0.423 e. The third-order valence-corrected chi connectivity index (χ3v) is 2.65. The lowest BCUT2D eigenvalue weighted by molar-refractivity contribution is 0.425. The van der Waals surface area contributed by atoms with Gasteiger partial charge in [-0.25, -0.2) is 0 Å². The van der Waals surface area contributed by atoms with Gasteiger partial charge in [0.25, 0.3) is 0 Å². The highest BCUT2D eigenvalue weighted by Gasteiger charge is 2.14. The highest BCUT2D eigenvalue weighted by atomic mass is 16.4. The molecule has 0 saturated carbocycles. The summed E-state index contributed by atoms with van der Waals surface area (Å²) in [5.41, 5.74) is 1.95. The summed E-state index contributed by atoms with van der Waals surface area (Å²) in [5, 5.41) is 43.4. The molecule has 100 valence electrons. The van der Waals surface area contributed by atoms with Gasteiger partial charge in [0.15, 0.2) is 0 Å². The molecule has 2 aromatic rings. The molecule has 1 aromatic carbocycles. The van der Waals surface area contributed by atoms with Crippen LogP contribution in [0.2, 0.25) is 0 Å². The molecule has 0 aliphatic heterocycles. The maximum atomic E-state index is 9.23. The molecule has 1 aromatic heterocycles. The fraction of sp³-hybridized carbons (Fsp3) is 0.0909. The van der Waals surface area contributed by atoms with Crippen LogP contribution in [0, 0.1) is 18.3 Å². The average Bonchev–Trinajstić information content (AvgIpc) is 2.95. The summed E-state index contributed by atoms with van der Waals surface area (Å²) in [6, 6.07) is 7.02. The van der Waals surface area contributed by atoms with Gasteiger partial charge in [0.1, 0.15) is 11.6 Å². The third-order valence-electron chi connectivity index (χ3n) is 2.65. The Labute approximate surface area is 114 Å². The normalized spacial score (nSPS) is 11.0. The van der Waals surface area contributed by atoms with Gasteiger partial charge in [-0.3, -0.25) is 0 Å². The predicted molar refractivity (Wildman–Crippen MR) is 72.4 cm³/mol. The van der Waals surface area contributed by atoms with Crippen LogP contribution in [0.5, 0.6) is 0 Å². The molecule has 0 amide bonds.